The number of nitrogens with zero attached hydrogens (tertiary/aromatic N) is 1. The predicted octanol–water partition coefficient (Wildman–Crippen LogP) is 4.22. The van der Waals surface area contributed by atoms with Gasteiger partial charge in [-0.2, -0.15) is 0 Å². The van der Waals surface area contributed by atoms with Crippen LogP contribution < -0.4 is 4.74 Å². The number of methoxy groups -OCH3 is 1. The molecule has 0 N–H and O–H groups in total. The second-order valence-electron chi connectivity index (χ2n) is 4.62. The molecule has 1 heterocycles. The van der Waals surface area contributed by atoms with Gasteiger partial charge in [0.15, 0.2) is 0 Å². The smallest absolute Gasteiger partial charge is 0.119 e. The first-order chi connectivity index (χ1) is 10.2. The van der Waals surface area contributed by atoms with Crippen molar-refractivity contribution in [3.05, 3.63) is 57.8 Å². The van der Waals surface area contributed by atoms with Gasteiger partial charge in [-0.05, 0) is 71.5 Å². The molecule has 1 aromatic carbocycles. The highest BCUT2D eigenvalue weighted by Gasteiger charge is 2.18. The minimum Gasteiger partial charge on any atom is -0.491 e. The lowest BCUT2D eigenvalue weighted by molar-refractivity contribution is 0.146. The number of hydrogen-bond donors (Lipinski definition) is 0. The van der Waals surface area contributed by atoms with Gasteiger partial charge >= 0.3 is 0 Å². The van der Waals surface area contributed by atoms with Crippen LogP contribution in [0.2, 0.25) is 0 Å². The van der Waals surface area contributed by atoms with E-state index in [1.165, 1.54) is 9.28 Å². The molecule has 0 amide bonds. The molecule has 3 nitrogen and oxygen atoms in total. The lowest BCUT2D eigenvalue weighted by Gasteiger charge is -2.30. The molecule has 4 heteroatoms. The lowest BCUT2D eigenvalue weighted by atomic mass is 10.1. The molecule has 1 aliphatic rings. The summed E-state index contributed by atoms with van der Waals surface area (Å²) in [4.78, 5) is 2.22. The van der Waals surface area contributed by atoms with Gasteiger partial charge < -0.3 is 14.4 Å². The summed E-state index contributed by atoms with van der Waals surface area (Å²) in [6.45, 7) is 8.36. The van der Waals surface area contributed by atoms with Crippen molar-refractivity contribution in [3.63, 3.8) is 0 Å². The molecule has 0 fully saturated rings. The van der Waals surface area contributed by atoms with Crippen LogP contribution in [-0.4, -0.2) is 31.8 Å². The Labute approximate surface area is 140 Å². The van der Waals surface area contributed by atoms with E-state index in [1.54, 1.807) is 7.11 Å². The number of rotatable bonds is 6. The van der Waals surface area contributed by atoms with Gasteiger partial charge in [-0.15, -0.1) is 0 Å². The third-order valence-corrected chi connectivity index (χ3v) is 4.28. The van der Waals surface area contributed by atoms with E-state index in [2.05, 4.69) is 65.3 Å². The minimum absolute atomic E-state index is 0.567. The summed E-state index contributed by atoms with van der Waals surface area (Å²) in [7, 11) is 1.67. The van der Waals surface area contributed by atoms with E-state index in [0.29, 0.717) is 13.2 Å². The van der Waals surface area contributed by atoms with Gasteiger partial charge in [0.25, 0.3) is 0 Å². The molecular weight excluding hydrogens is 377 g/mol. The molecule has 112 valence electrons. The maximum Gasteiger partial charge on any atom is 0.119 e. The van der Waals surface area contributed by atoms with E-state index in [1.807, 2.05) is 12.1 Å². The Hall–Kier alpha value is -1.27. The van der Waals surface area contributed by atoms with Crippen LogP contribution in [0.4, 0.5) is 0 Å². The van der Waals surface area contributed by atoms with E-state index in [9.17, 15) is 0 Å². The fourth-order valence-electron chi connectivity index (χ4n) is 2.19. The summed E-state index contributed by atoms with van der Waals surface area (Å²) in [5.41, 5.74) is 3.39. The van der Waals surface area contributed by atoms with Gasteiger partial charge in [-0.1, -0.05) is 6.58 Å². The Morgan fingerprint density at radius 2 is 1.86 bits per heavy atom. The highest BCUT2D eigenvalue weighted by molar-refractivity contribution is 14.1. The average molecular weight is 397 g/mol. The van der Waals surface area contributed by atoms with Crippen molar-refractivity contribution in [3.8, 4) is 5.75 Å². The second kappa shape index (κ2) is 7.66. The number of likely N-dealkylation sites (N-methyl/N-ethyl adjacent to an activating group) is 1. The number of ether oxygens (including phenoxy) is 2. The first-order valence-electron chi connectivity index (χ1n) is 6.93. The molecule has 21 heavy (non-hydrogen) atoms. The topological polar surface area (TPSA) is 21.7 Å². The van der Waals surface area contributed by atoms with Crippen LogP contribution in [0.25, 0.3) is 5.70 Å². The number of halogens is 1. The lowest BCUT2D eigenvalue weighted by Crippen LogP contribution is -2.22. The Kier molecular flexibility index (Phi) is 5.87. The first kappa shape index (κ1) is 16.1. The highest BCUT2D eigenvalue weighted by atomic mass is 127. The van der Waals surface area contributed by atoms with Crippen LogP contribution in [0.5, 0.6) is 5.75 Å². The molecule has 0 atom stereocenters. The first-order valence-corrected chi connectivity index (χ1v) is 8.01. The van der Waals surface area contributed by atoms with E-state index in [0.717, 1.165) is 23.6 Å². The molecule has 0 bridgehead atoms. The molecule has 0 aliphatic carbocycles. The zero-order valence-corrected chi connectivity index (χ0v) is 14.6. The summed E-state index contributed by atoms with van der Waals surface area (Å²) in [6.07, 6.45) is 4.24. The Bertz CT molecular complexity index is 561. The maximum atomic E-state index is 5.59. The van der Waals surface area contributed by atoms with Crippen LogP contribution in [0, 0.1) is 0 Å². The summed E-state index contributed by atoms with van der Waals surface area (Å²) >= 11 is 2.32. The van der Waals surface area contributed by atoms with Crippen molar-refractivity contribution in [2.45, 2.75) is 6.92 Å². The molecule has 0 saturated carbocycles. The van der Waals surface area contributed by atoms with Gasteiger partial charge in [0.1, 0.15) is 12.4 Å². The average Bonchev–Trinajstić information content (AvgIpc) is 2.51. The third kappa shape index (κ3) is 3.89. The monoisotopic (exact) mass is 397 g/mol. The predicted molar refractivity (Wildman–Crippen MR) is 95.4 cm³/mol. The van der Waals surface area contributed by atoms with Gasteiger partial charge in [0.2, 0.25) is 0 Å². The molecule has 2 rings (SSSR count). The van der Waals surface area contributed by atoms with Crippen molar-refractivity contribution >= 4 is 28.3 Å². The fourth-order valence-corrected chi connectivity index (χ4v) is 2.66. The summed E-state index contributed by atoms with van der Waals surface area (Å²) in [5, 5.41) is 0. The zero-order chi connectivity index (χ0) is 15.2. The Morgan fingerprint density at radius 3 is 2.48 bits per heavy atom. The van der Waals surface area contributed by atoms with Gasteiger partial charge in [0.05, 0.1) is 6.61 Å². The largest absolute Gasteiger partial charge is 0.491 e. The van der Waals surface area contributed by atoms with Crippen molar-refractivity contribution in [2.24, 2.45) is 0 Å². The minimum atomic E-state index is 0.567. The van der Waals surface area contributed by atoms with Crippen molar-refractivity contribution < 1.29 is 9.47 Å². The standard InChI is InChI=1S/C17H20INO2/c1-4-19-13(2)16(18)9-10-17(19)14-5-7-15(8-6-14)21-12-11-20-3/h5-10H,2,4,11-12H2,1,3H3. The maximum absolute atomic E-state index is 5.59. The molecule has 0 aromatic heterocycles. The van der Waals surface area contributed by atoms with Crippen LogP contribution >= 0.6 is 22.6 Å². The van der Waals surface area contributed by atoms with Crippen LogP contribution in [-0.2, 0) is 4.74 Å². The quantitative estimate of drug-likeness (QED) is 0.530. The normalized spacial score (nSPS) is 14.8. The van der Waals surface area contributed by atoms with E-state index < -0.39 is 0 Å². The summed E-state index contributed by atoms with van der Waals surface area (Å²) in [5.74, 6) is 0.860. The van der Waals surface area contributed by atoms with E-state index in [4.69, 9.17) is 9.47 Å². The van der Waals surface area contributed by atoms with Gasteiger partial charge in [-0.25, -0.2) is 0 Å². The zero-order valence-electron chi connectivity index (χ0n) is 12.4. The van der Waals surface area contributed by atoms with Crippen molar-refractivity contribution in [1.29, 1.82) is 0 Å². The molecule has 1 aliphatic heterocycles. The van der Waals surface area contributed by atoms with Crippen LogP contribution in [0.1, 0.15) is 12.5 Å². The summed E-state index contributed by atoms with van der Waals surface area (Å²) < 4.78 is 11.7. The third-order valence-electron chi connectivity index (χ3n) is 3.30. The molecular formula is C17H20INO2. The fraction of sp³-hybridized carbons (Fsp3) is 0.294. The van der Waals surface area contributed by atoms with Crippen molar-refractivity contribution in [1.82, 2.24) is 4.90 Å². The number of hydrogen-bond acceptors (Lipinski definition) is 3. The Balaban J connectivity index is 2.16. The SMILES string of the molecule is C=C1C(I)=CC=C(c2ccc(OCCOC)cc2)N1CC. The van der Waals surface area contributed by atoms with Gasteiger partial charge in [0, 0.05) is 28.6 Å². The van der Waals surface area contributed by atoms with E-state index >= 15 is 0 Å². The molecule has 0 unspecified atom stereocenters. The van der Waals surface area contributed by atoms with Crippen LogP contribution in [0.15, 0.2) is 52.3 Å². The molecule has 0 radical (unpaired) electrons. The Morgan fingerprint density at radius 1 is 1.14 bits per heavy atom. The van der Waals surface area contributed by atoms with Crippen LogP contribution in [0.3, 0.4) is 0 Å². The second-order valence-corrected chi connectivity index (χ2v) is 5.79. The van der Waals surface area contributed by atoms with E-state index in [-0.39, 0.29) is 0 Å². The van der Waals surface area contributed by atoms with Gasteiger partial charge in [-0.3, -0.25) is 0 Å². The highest BCUT2D eigenvalue weighted by Crippen LogP contribution is 2.33. The molecule has 1 aromatic rings. The number of allylic oxidation sites excluding steroid dienone is 3. The molecule has 0 spiro atoms. The number of benzene rings is 1. The summed E-state index contributed by atoms with van der Waals surface area (Å²) in [6, 6.07) is 8.14. The van der Waals surface area contributed by atoms with Crippen molar-refractivity contribution in [2.75, 3.05) is 26.9 Å². The molecule has 0 saturated heterocycles.